The van der Waals surface area contributed by atoms with Crippen LogP contribution >= 0.6 is 0 Å². The molecule has 4 aromatic rings. The summed E-state index contributed by atoms with van der Waals surface area (Å²) in [6.45, 7) is 1.46. The number of hydrogen-bond donors (Lipinski definition) is 4. The number of methoxy groups -OCH3 is 2. The van der Waals surface area contributed by atoms with Gasteiger partial charge in [-0.05, 0) is 30.5 Å². The second kappa shape index (κ2) is 10.5. The van der Waals surface area contributed by atoms with E-state index in [0.29, 0.717) is 6.54 Å². The molecule has 0 aliphatic heterocycles. The summed E-state index contributed by atoms with van der Waals surface area (Å²) in [7, 11) is 5.11. The van der Waals surface area contributed by atoms with Crippen molar-refractivity contribution in [1.29, 1.82) is 0 Å². The molecule has 0 fully saturated rings. The van der Waals surface area contributed by atoms with Gasteiger partial charge in [-0.3, -0.25) is 10.1 Å². The van der Waals surface area contributed by atoms with Gasteiger partial charge >= 0.3 is 0 Å². The quantitative estimate of drug-likeness (QED) is 0.178. The number of ether oxygens (including phenoxy) is 2. The molecule has 9 nitrogen and oxygen atoms in total. The third-order valence-electron chi connectivity index (χ3n) is 5.40. The summed E-state index contributed by atoms with van der Waals surface area (Å²) in [5.41, 5.74) is 4.31. The van der Waals surface area contributed by atoms with Gasteiger partial charge in [-0.15, -0.1) is 0 Å². The van der Waals surface area contributed by atoms with E-state index >= 15 is 0 Å². The van der Waals surface area contributed by atoms with Crippen molar-refractivity contribution in [3.05, 3.63) is 60.0 Å². The van der Waals surface area contributed by atoms with Crippen molar-refractivity contribution in [2.24, 2.45) is 4.99 Å². The van der Waals surface area contributed by atoms with Gasteiger partial charge in [0.25, 0.3) is 0 Å². The fourth-order valence-corrected chi connectivity index (χ4v) is 3.72. The van der Waals surface area contributed by atoms with Crippen LogP contribution in [-0.4, -0.2) is 53.9 Å². The summed E-state index contributed by atoms with van der Waals surface area (Å²) in [5, 5.41) is 14.6. The highest BCUT2D eigenvalue weighted by molar-refractivity contribution is 5.88. The maximum atomic E-state index is 5.50. The third-order valence-corrected chi connectivity index (χ3v) is 5.40. The van der Waals surface area contributed by atoms with E-state index in [0.717, 1.165) is 70.4 Å². The fourth-order valence-electron chi connectivity index (χ4n) is 3.72. The lowest BCUT2D eigenvalue weighted by atomic mass is 10.1. The molecule has 9 heteroatoms. The van der Waals surface area contributed by atoms with Crippen LogP contribution in [0.4, 0.5) is 0 Å². The van der Waals surface area contributed by atoms with Crippen molar-refractivity contribution in [2.45, 2.75) is 19.4 Å². The number of benzene rings is 2. The van der Waals surface area contributed by atoms with E-state index in [1.54, 1.807) is 21.3 Å². The highest BCUT2D eigenvalue weighted by atomic mass is 16.5. The maximum absolute atomic E-state index is 5.50. The van der Waals surface area contributed by atoms with Crippen LogP contribution in [0.5, 0.6) is 11.5 Å². The van der Waals surface area contributed by atoms with Crippen molar-refractivity contribution in [1.82, 2.24) is 30.8 Å². The van der Waals surface area contributed by atoms with E-state index in [-0.39, 0.29) is 0 Å². The Balaban J connectivity index is 1.27. The van der Waals surface area contributed by atoms with Crippen molar-refractivity contribution >= 4 is 16.9 Å². The largest absolute Gasteiger partial charge is 0.497 e. The number of aromatic nitrogens is 4. The predicted octanol–water partition coefficient (Wildman–Crippen LogP) is 3.27. The average molecular weight is 448 g/mol. The molecule has 0 spiro atoms. The number of rotatable bonds is 9. The first-order chi connectivity index (χ1) is 16.2. The average Bonchev–Trinajstić information content (AvgIpc) is 3.53. The van der Waals surface area contributed by atoms with Gasteiger partial charge in [0.05, 0.1) is 19.7 Å². The normalized spacial score (nSPS) is 11.5. The first-order valence-corrected chi connectivity index (χ1v) is 10.8. The van der Waals surface area contributed by atoms with Gasteiger partial charge in [-0.1, -0.05) is 18.2 Å². The Morgan fingerprint density at radius 3 is 2.76 bits per heavy atom. The van der Waals surface area contributed by atoms with E-state index in [1.165, 1.54) is 6.33 Å². The zero-order chi connectivity index (χ0) is 23.0. The summed E-state index contributed by atoms with van der Waals surface area (Å²) in [5.74, 6) is 3.10. The molecule has 0 aliphatic carbocycles. The van der Waals surface area contributed by atoms with Gasteiger partial charge < -0.3 is 25.1 Å². The molecule has 0 atom stereocenters. The SMILES string of the molecule is CN=C(NCCCc1cc2c(OC)cc(OC)cc2[nH]1)NCc1cccc(-c2ncn[nH]2)c1. The molecular formula is C24H29N7O2. The molecule has 2 aromatic heterocycles. The molecule has 0 bridgehead atoms. The molecule has 172 valence electrons. The molecule has 4 rings (SSSR count). The minimum absolute atomic E-state index is 0.658. The molecule has 2 aromatic carbocycles. The second-order valence-electron chi connectivity index (χ2n) is 7.58. The lowest BCUT2D eigenvalue weighted by Gasteiger charge is -2.12. The Morgan fingerprint density at radius 1 is 1.09 bits per heavy atom. The van der Waals surface area contributed by atoms with Gasteiger partial charge in [0, 0.05) is 48.9 Å². The number of aromatic amines is 2. The lowest BCUT2D eigenvalue weighted by Crippen LogP contribution is -2.37. The van der Waals surface area contributed by atoms with Gasteiger partial charge in [-0.25, -0.2) is 4.98 Å². The highest BCUT2D eigenvalue weighted by Crippen LogP contribution is 2.31. The molecular weight excluding hydrogens is 418 g/mol. The Bertz CT molecular complexity index is 1220. The van der Waals surface area contributed by atoms with Crippen LogP contribution < -0.4 is 20.1 Å². The molecule has 0 unspecified atom stereocenters. The molecule has 0 aliphatic rings. The monoisotopic (exact) mass is 447 g/mol. The minimum atomic E-state index is 0.658. The van der Waals surface area contributed by atoms with Crippen molar-refractivity contribution < 1.29 is 9.47 Å². The van der Waals surface area contributed by atoms with E-state index in [4.69, 9.17) is 9.47 Å². The van der Waals surface area contributed by atoms with Crippen molar-refractivity contribution in [3.8, 4) is 22.9 Å². The minimum Gasteiger partial charge on any atom is -0.497 e. The Labute approximate surface area is 192 Å². The zero-order valence-electron chi connectivity index (χ0n) is 19.1. The van der Waals surface area contributed by atoms with Gasteiger partial charge in [-0.2, -0.15) is 5.10 Å². The summed E-state index contributed by atoms with van der Waals surface area (Å²) in [6.07, 6.45) is 3.37. The van der Waals surface area contributed by atoms with Crippen LogP contribution in [0.25, 0.3) is 22.3 Å². The maximum Gasteiger partial charge on any atom is 0.191 e. The van der Waals surface area contributed by atoms with E-state index in [2.05, 4.69) is 54.0 Å². The number of fused-ring (bicyclic) bond motifs is 1. The van der Waals surface area contributed by atoms with Gasteiger partial charge in [0.2, 0.25) is 0 Å². The molecule has 2 heterocycles. The van der Waals surface area contributed by atoms with Crippen LogP contribution in [0, 0.1) is 0 Å². The van der Waals surface area contributed by atoms with Crippen LogP contribution in [0.2, 0.25) is 0 Å². The lowest BCUT2D eigenvalue weighted by molar-refractivity contribution is 0.398. The first kappa shape index (κ1) is 22.2. The summed E-state index contributed by atoms with van der Waals surface area (Å²) >= 11 is 0. The van der Waals surface area contributed by atoms with Crippen LogP contribution in [0.3, 0.4) is 0 Å². The molecule has 0 saturated carbocycles. The van der Waals surface area contributed by atoms with Crippen molar-refractivity contribution in [2.75, 3.05) is 27.8 Å². The number of nitrogens with one attached hydrogen (secondary N) is 4. The standard InChI is InChI=1S/C24H29N7O2/c1-25-24(27-14-16-6-4-7-17(10-16)23-28-15-29-31-23)26-9-5-8-18-11-20-21(30-18)12-19(32-2)13-22(20)33-3/h4,6-7,10-13,15,30H,5,8-9,14H2,1-3H3,(H2,25,26,27)(H,28,29,31). The zero-order valence-corrected chi connectivity index (χ0v) is 19.1. The molecule has 4 N–H and O–H groups in total. The van der Waals surface area contributed by atoms with E-state index in [9.17, 15) is 0 Å². The van der Waals surface area contributed by atoms with Crippen molar-refractivity contribution in [3.63, 3.8) is 0 Å². The topological polar surface area (TPSA) is 112 Å². The number of hydrogen-bond acceptors (Lipinski definition) is 5. The van der Waals surface area contributed by atoms with Crippen LogP contribution in [0.1, 0.15) is 17.7 Å². The predicted molar refractivity (Wildman–Crippen MR) is 130 cm³/mol. The van der Waals surface area contributed by atoms with E-state index in [1.807, 2.05) is 24.3 Å². The molecule has 0 saturated heterocycles. The van der Waals surface area contributed by atoms with Gasteiger partial charge in [0.15, 0.2) is 11.8 Å². The fraction of sp³-hybridized carbons (Fsp3) is 0.292. The van der Waals surface area contributed by atoms with E-state index < -0.39 is 0 Å². The summed E-state index contributed by atoms with van der Waals surface area (Å²) in [4.78, 5) is 12.0. The number of aryl methyl sites for hydroxylation is 1. The molecule has 0 radical (unpaired) electrons. The van der Waals surface area contributed by atoms with Gasteiger partial charge in [0.1, 0.15) is 17.8 Å². The van der Waals surface area contributed by atoms with Crippen LogP contribution in [-0.2, 0) is 13.0 Å². The smallest absolute Gasteiger partial charge is 0.191 e. The number of nitrogens with zero attached hydrogens (tertiary/aromatic N) is 3. The number of H-pyrrole nitrogens is 2. The molecule has 0 amide bonds. The third kappa shape index (κ3) is 5.43. The van der Waals surface area contributed by atoms with Crippen LogP contribution in [0.15, 0.2) is 53.8 Å². The summed E-state index contributed by atoms with van der Waals surface area (Å²) in [6, 6.07) is 14.2. The second-order valence-corrected chi connectivity index (χ2v) is 7.58. The molecule has 33 heavy (non-hydrogen) atoms. The first-order valence-electron chi connectivity index (χ1n) is 10.8. The Kier molecular flexibility index (Phi) is 7.09. The Hall–Kier alpha value is -4.01. The summed E-state index contributed by atoms with van der Waals surface area (Å²) < 4.78 is 10.9. The number of guanidine groups is 1. The Morgan fingerprint density at radius 2 is 2.00 bits per heavy atom. The number of aliphatic imine (C=N–C) groups is 1. The highest BCUT2D eigenvalue weighted by Gasteiger charge is 2.09.